The van der Waals surface area contributed by atoms with E-state index >= 15 is 0 Å². The van der Waals surface area contributed by atoms with Gasteiger partial charge in [-0.05, 0) is 60.8 Å². The van der Waals surface area contributed by atoms with Crippen LogP contribution in [0.2, 0.25) is 0 Å². The maximum absolute atomic E-state index is 13.7. The van der Waals surface area contributed by atoms with Crippen LogP contribution < -0.4 is 4.74 Å². The van der Waals surface area contributed by atoms with Crippen molar-refractivity contribution < 1.29 is 43.9 Å². The summed E-state index contributed by atoms with van der Waals surface area (Å²) in [4.78, 5) is 37.6. The fourth-order valence-electron chi connectivity index (χ4n) is 7.53. The number of aliphatic carboxylic acids is 1. The number of hydrogen-bond acceptors (Lipinski definition) is 8. The molecular weight excluding hydrogens is 504 g/mol. The molecule has 0 aromatic heterocycles. The lowest BCUT2D eigenvalue weighted by Gasteiger charge is -2.61. The molecule has 2 aromatic rings. The highest BCUT2D eigenvalue weighted by Crippen LogP contribution is 2.68. The molecular formula is C30H30O9. The molecule has 4 aliphatic rings. The Morgan fingerprint density at radius 3 is 2.56 bits per heavy atom. The van der Waals surface area contributed by atoms with E-state index in [2.05, 4.69) is 6.92 Å². The van der Waals surface area contributed by atoms with Gasteiger partial charge in [0.1, 0.15) is 11.7 Å². The summed E-state index contributed by atoms with van der Waals surface area (Å²) in [5.74, 6) is -4.13. The molecule has 39 heavy (non-hydrogen) atoms. The molecule has 0 saturated heterocycles. The van der Waals surface area contributed by atoms with Crippen LogP contribution in [0.5, 0.6) is 11.5 Å². The van der Waals surface area contributed by atoms with E-state index in [4.69, 9.17) is 14.2 Å². The summed E-state index contributed by atoms with van der Waals surface area (Å²) >= 11 is 0. The third-order valence-corrected chi connectivity index (χ3v) is 9.20. The van der Waals surface area contributed by atoms with Crippen LogP contribution >= 0.6 is 0 Å². The maximum Gasteiger partial charge on any atom is 0.346 e. The second-order valence-electron chi connectivity index (χ2n) is 11.2. The van der Waals surface area contributed by atoms with Gasteiger partial charge in [0.25, 0.3) is 0 Å². The maximum atomic E-state index is 13.7. The first-order chi connectivity index (χ1) is 18.6. The zero-order valence-corrected chi connectivity index (χ0v) is 21.6. The molecule has 6 rings (SSSR count). The molecule has 9 heteroatoms. The second-order valence-corrected chi connectivity index (χ2v) is 11.2. The Balaban J connectivity index is 1.42. The number of carboxylic acid groups (broad SMARTS) is 1. The summed E-state index contributed by atoms with van der Waals surface area (Å²) in [5, 5.41) is 32.9. The van der Waals surface area contributed by atoms with Crippen molar-refractivity contribution in [1.29, 1.82) is 0 Å². The monoisotopic (exact) mass is 534 g/mol. The lowest BCUT2D eigenvalue weighted by atomic mass is 9.45. The van der Waals surface area contributed by atoms with E-state index < -0.39 is 47.0 Å². The second kappa shape index (κ2) is 8.84. The van der Waals surface area contributed by atoms with Crippen molar-refractivity contribution in [1.82, 2.24) is 0 Å². The number of carboxylic acids is 1. The van der Waals surface area contributed by atoms with Crippen LogP contribution in [0.4, 0.5) is 0 Å². The normalized spacial score (nSPS) is 31.2. The molecule has 2 bridgehead atoms. The van der Waals surface area contributed by atoms with Gasteiger partial charge in [0.2, 0.25) is 6.10 Å². The number of hydrogen-bond donors (Lipinski definition) is 3. The predicted octanol–water partition coefficient (Wildman–Crippen LogP) is 3.36. The number of carbonyl (C=O) groups excluding carboxylic acids is 2. The van der Waals surface area contributed by atoms with Gasteiger partial charge in [-0.1, -0.05) is 43.3 Å². The Bertz CT molecular complexity index is 1400. The Labute approximate surface area is 225 Å². The summed E-state index contributed by atoms with van der Waals surface area (Å²) < 4.78 is 17.3. The third kappa shape index (κ3) is 3.52. The van der Waals surface area contributed by atoms with Gasteiger partial charge in [-0.15, -0.1) is 0 Å². The van der Waals surface area contributed by atoms with Gasteiger partial charge in [0.05, 0.1) is 11.0 Å². The van der Waals surface area contributed by atoms with E-state index in [1.54, 1.807) is 42.5 Å². The number of aromatic hydroxyl groups is 1. The minimum absolute atomic E-state index is 0.0498. The van der Waals surface area contributed by atoms with Crippen molar-refractivity contribution in [3.05, 3.63) is 71.0 Å². The summed E-state index contributed by atoms with van der Waals surface area (Å²) in [6, 6.07) is 11.6. The highest BCUT2D eigenvalue weighted by Gasteiger charge is 2.72. The lowest BCUT2D eigenvalue weighted by Crippen LogP contribution is -2.69. The number of rotatable bonds is 6. The molecule has 1 fully saturated rings. The minimum Gasteiger partial charge on any atom is -0.504 e. The molecule has 2 aromatic carbocycles. The fraction of sp³-hybridized carbons (Fsp3) is 0.433. The van der Waals surface area contributed by atoms with Crippen molar-refractivity contribution in [2.24, 2.45) is 11.8 Å². The molecule has 1 aliphatic heterocycles. The van der Waals surface area contributed by atoms with Crippen molar-refractivity contribution in [2.75, 3.05) is 0 Å². The lowest BCUT2D eigenvalue weighted by molar-refractivity contribution is -0.175. The number of benzene rings is 2. The zero-order valence-electron chi connectivity index (χ0n) is 21.6. The standard InChI is InChI=1S/C30H30O9/c1-15-10-12-29-23-18-8-9-20(32)24(23)39-26(29)21(11-13-30(29,36)19(15)14-18)38-28(35)22(17-6-4-3-5-7-17)25(27(33)34)37-16(2)31/h3-9,11,15,19,22,25-26,32,36H,10,12-14H2,1-2H3,(H,33,34)/t15?,19-,22+,25+,26-,29-,30+/m0/s1. The van der Waals surface area contributed by atoms with Gasteiger partial charge in [0.15, 0.2) is 17.6 Å². The topological polar surface area (TPSA) is 140 Å². The van der Waals surface area contributed by atoms with Crippen LogP contribution in [-0.4, -0.2) is 51.0 Å². The van der Waals surface area contributed by atoms with Gasteiger partial charge in [-0.2, -0.15) is 0 Å². The summed E-state index contributed by atoms with van der Waals surface area (Å²) in [6.45, 7) is 3.21. The first-order valence-electron chi connectivity index (χ1n) is 13.2. The van der Waals surface area contributed by atoms with Crippen LogP contribution in [0, 0.1) is 11.8 Å². The fourth-order valence-corrected chi connectivity index (χ4v) is 7.53. The number of phenolic OH excluding ortho intramolecular Hbond substituents is 1. The van der Waals surface area contributed by atoms with Crippen molar-refractivity contribution in [3.8, 4) is 11.5 Å². The van der Waals surface area contributed by atoms with E-state index in [9.17, 15) is 29.7 Å². The van der Waals surface area contributed by atoms with Crippen LogP contribution in [0.25, 0.3) is 0 Å². The molecule has 204 valence electrons. The SMILES string of the molecule is CC(=O)O[C@@H](C(=O)O)[C@H](C(=O)OC1=CC[C@@]2(O)[C@H]3Cc4ccc(O)c5c4[C@@]2(CCC3C)[C@H]1O5)c1ccccc1. The number of ether oxygens (including phenoxy) is 3. The van der Waals surface area contributed by atoms with Gasteiger partial charge in [-0.3, -0.25) is 9.59 Å². The molecule has 0 radical (unpaired) electrons. The number of esters is 2. The van der Waals surface area contributed by atoms with E-state index in [1.807, 2.05) is 6.07 Å². The van der Waals surface area contributed by atoms with Crippen LogP contribution in [0.1, 0.15) is 55.7 Å². The zero-order chi connectivity index (χ0) is 27.7. The van der Waals surface area contributed by atoms with Crippen LogP contribution in [0.15, 0.2) is 54.3 Å². The average molecular weight is 535 g/mol. The van der Waals surface area contributed by atoms with Gasteiger partial charge < -0.3 is 29.5 Å². The van der Waals surface area contributed by atoms with Crippen molar-refractivity contribution >= 4 is 17.9 Å². The molecule has 1 spiro atoms. The van der Waals surface area contributed by atoms with E-state index in [1.165, 1.54) is 0 Å². The van der Waals surface area contributed by atoms with E-state index in [-0.39, 0.29) is 35.5 Å². The van der Waals surface area contributed by atoms with Crippen LogP contribution in [0.3, 0.4) is 0 Å². The van der Waals surface area contributed by atoms with Gasteiger partial charge in [0, 0.05) is 12.5 Å². The predicted molar refractivity (Wildman–Crippen MR) is 136 cm³/mol. The molecule has 7 atom stereocenters. The first-order valence-corrected chi connectivity index (χ1v) is 13.2. The molecule has 1 heterocycles. The van der Waals surface area contributed by atoms with Crippen molar-refractivity contribution in [3.63, 3.8) is 0 Å². The van der Waals surface area contributed by atoms with Gasteiger partial charge >= 0.3 is 17.9 Å². The van der Waals surface area contributed by atoms with E-state index in [0.29, 0.717) is 18.4 Å². The Hall–Kier alpha value is -3.85. The Morgan fingerprint density at radius 2 is 1.87 bits per heavy atom. The Kier molecular flexibility index (Phi) is 5.77. The molecule has 1 saturated carbocycles. The molecule has 3 N–H and O–H groups in total. The largest absolute Gasteiger partial charge is 0.504 e. The highest BCUT2D eigenvalue weighted by atomic mass is 16.6. The van der Waals surface area contributed by atoms with Gasteiger partial charge in [-0.25, -0.2) is 4.79 Å². The highest BCUT2D eigenvalue weighted by molar-refractivity contribution is 5.89. The number of phenols is 1. The summed E-state index contributed by atoms with van der Waals surface area (Å²) in [5.41, 5.74) is -0.0235. The first kappa shape index (κ1) is 25.4. The number of aliphatic hydroxyl groups is 1. The summed E-state index contributed by atoms with van der Waals surface area (Å²) in [6.07, 6.45) is 1.18. The molecule has 1 unspecified atom stereocenters. The van der Waals surface area contributed by atoms with Crippen molar-refractivity contribution in [2.45, 2.75) is 68.7 Å². The Morgan fingerprint density at radius 1 is 1.13 bits per heavy atom. The minimum atomic E-state index is -1.82. The van der Waals surface area contributed by atoms with E-state index in [0.717, 1.165) is 24.5 Å². The molecule has 3 aliphatic carbocycles. The molecule has 9 nitrogen and oxygen atoms in total. The number of carbonyl (C=O) groups is 3. The molecule has 0 amide bonds. The quantitative estimate of drug-likeness (QED) is 0.476. The summed E-state index contributed by atoms with van der Waals surface area (Å²) in [7, 11) is 0. The third-order valence-electron chi connectivity index (χ3n) is 9.20. The van der Waals surface area contributed by atoms with Crippen LogP contribution in [-0.2, 0) is 35.7 Å². The smallest absolute Gasteiger partial charge is 0.346 e. The average Bonchev–Trinajstić information content (AvgIpc) is 3.25.